The molecule has 0 saturated carbocycles. The van der Waals surface area contributed by atoms with Crippen molar-refractivity contribution >= 4 is 17.7 Å². The fraction of sp³-hybridized carbons (Fsp3) is 0.875. The van der Waals surface area contributed by atoms with E-state index in [9.17, 15) is 4.79 Å². The molecule has 0 spiro atoms. The summed E-state index contributed by atoms with van der Waals surface area (Å²) in [5.74, 6) is 0.601. The molecule has 3 nitrogen and oxygen atoms in total. The maximum absolute atomic E-state index is 11.4. The predicted molar refractivity (Wildman–Crippen MR) is 52.3 cm³/mol. The topological polar surface area (TPSA) is 40.5 Å². The van der Waals surface area contributed by atoms with Gasteiger partial charge in [0.25, 0.3) is 0 Å². The normalized spacial score (nSPS) is 10.4. The summed E-state index contributed by atoms with van der Waals surface area (Å²) in [4.78, 5) is 13.1. The highest BCUT2D eigenvalue weighted by atomic mass is 32.2. The Labute approximate surface area is 78.1 Å². The first-order chi connectivity index (χ1) is 5.63. The molecule has 0 aromatic heterocycles. The second-order valence-corrected chi connectivity index (χ2v) is 3.70. The van der Waals surface area contributed by atoms with E-state index in [4.69, 9.17) is 5.11 Å². The van der Waals surface area contributed by atoms with E-state index in [1.165, 1.54) is 11.8 Å². The van der Waals surface area contributed by atoms with Crippen LogP contribution in [-0.4, -0.2) is 47.1 Å². The number of thioether (sulfide) groups is 1. The lowest BCUT2D eigenvalue weighted by atomic mass is 10.3. The fourth-order valence-electron chi connectivity index (χ4n) is 0.985. The second-order valence-electron chi connectivity index (χ2n) is 2.84. The quantitative estimate of drug-likeness (QED) is 0.691. The summed E-state index contributed by atoms with van der Waals surface area (Å²) in [5.41, 5.74) is 0. The van der Waals surface area contributed by atoms with Crippen molar-refractivity contribution < 1.29 is 9.90 Å². The van der Waals surface area contributed by atoms with Gasteiger partial charge in [-0.1, -0.05) is 0 Å². The summed E-state index contributed by atoms with van der Waals surface area (Å²) in [7, 11) is 0. The molecule has 12 heavy (non-hydrogen) atoms. The van der Waals surface area contributed by atoms with E-state index in [1.54, 1.807) is 4.90 Å². The van der Waals surface area contributed by atoms with E-state index in [0.717, 1.165) is 0 Å². The molecule has 1 amide bonds. The Kier molecular flexibility index (Phi) is 6.20. The van der Waals surface area contributed by atoms with E-state index in [1.807, 2.05) is 20.1 Å². The first-order valence-corrected chi connectivity index (χ1v) is 5.42. The molecule has 0 heterocycles. The molecule has 0 aliphatic heterocycles. The van der Waals surface area contributed by atoms with Gasteiger partial charge in [0.2, 0.25) is 5.91 Å². The maximum Gasteiger partial charge on any atom is 0.232 e. The van der Waals surface area contributed by atoms with Gasteiger partial charge in [0, 0.05) is 12.6 Å². The Hall–Kier alpha value is -0.220. The van der Waals surface area contributed by atoms with Crippen LogP contribution in [0.4, 0.5) is 0 Å². The number of hydrogen-bond acceptors (Lipinski definition) is 3. The van der Waals surface area contributed by atoms with Gasteiger partial charge < -0.3 is 10.0 Å². The number of nitrogens with zero attached hydrogens (tertiary/aromatic N) is 1. The zero-order chi connectivity index (χ0) is 9.56. The minimum atomic E-state index is 0.0400. The average molecular weight is 191 g/mol. The Morgan fingerprint density at radius 3 is 2.50 bits per heavy atom. The van der Waals surface area contributed by atoms with Gasteiger partial charge in [0.15, 0.2) is 0 Å². The van der Waals surface area contributed by atoms with E-state index in [-0.39, 0.29) is 18.6 Å². The van der Waals surface area contributed by atoms with Gasteiger partial charge in [-0.3, -0.25) is 4.79 Å². The molecule has 72 valence electrons. The van der Waals surface area contributed by atoms with E-state index in [0.29, 0.717) is 12.3 Å². The lowest BCUT2D eigenvalue weighted by Crippen LogP contribution is -2.40. The molecular weight excluding hydrogens is 174 g/mol. The molecule has 0 aliphatic carbocycles. The monoisotopic (exact) mass is 191 g/mol. The minimum Gasteiger partial charge on any atom is -0.395 e. The van der Waals surface area contributed by atoms with Crippen LogP contribution in [0, 0.1) is 0 Å². The van der Waals surface area contributed by atoms with Crippen molar-refractivity contribution in [2.24, 2.45) is 0 Å². The van der Waals surface area contributed by atoms with E-state index in [2.05, 4.69) is 0 Å². The highest BCUT2D eigenvalue weighted by Gasteiger charge is 2.14. The smallest absolute Gasteiger partial charge is 0.232 e. The van der Waals surface area contributed by atoms with Crippen LogP contribution in [0.25, 0.3) is 0 Å². The SMILES string of the molecule is CSCC(=O)N(CCO)C(C)C. The predicted octanol–water partition coefficient (Wildman–Crippen LogP) is 0.579. The Morgan fingerprint density at radius 2 is 2.17 bits per heavy atom. The first-order valence-electron chi connectivity index (χ1n) is 4.02. The summed E-state index contributed by atoms with van der Waals surface area (Å²) in [6, 6.07) is 0.178. The standard InChI is InChI=1S/C8H17NO2S/c1-7(2)9(4-5-10)8(11)6-12-3/h7,10H,4-6H2,1-3H3. The molecule has 0 rings (SSSR count). The van der Waals surface area contributed by atoms with Gasteiger partial charge in [-0.15, -0.1) is 0 Å². The molecule has 0 bridgehead atoms. The molecule has 0 atom stereocenters. The maximum atomic E-state index is 11.4. The van der Waals surface area contributed by atoms with Gasteiger partial charge in [0.05, 0.1) is 12.4 Å². The van der Waals surface area contributed by atoms with Gasteiger partial charge in [0.1, 0.15) is 0 Å². The van der Waals surface area contributed by atoms with E-state index < -0.39 is 0 Å². The number of rotatable bonds is 5. The van der Waals surface area contributed by atoms with Crippen molar-refractivity contribution in [2.75, 3.05) is 25.2 Å². The van der Waals surface area contributed by atoms with Crippen molar-refractivity contribution in [3.63, 3.8) is 0 Å². The van der Waals surface area contributed by atoms with Crippen LogP contribution in [0.15, 0.2) is 0 Å². The number of carbonyl (C=O) groups excluding carboxylic acids is 1. The van der Waals surface area contributed by atoms with Crippen LogP contribution in [0.3, 0.4) is 0 Å². The van der Waals surface area contributed by atoms with E-state index >= 15 is 0 Å². The Balaban J connectivity index is 4.00. The molecular formula is C8H17NO2S. The van der Waals surface area contributed by atoms with Crippen LogP contribution in [0.1, 0.15) is 13.8 Å². The third-order valence-corrected chi connectivity index (χ3v) is 2.09. The first kappa shape index (κ1) is 11.8. The van der Waals surface area contributed by atoms with Crippen LogP contribution in [0.2, 0.25) is 0 Å². The van der Waals surface area contributed by atoms with Crippen molar-refractivity contribution in [3.05, 3.63) is 0 Å². The summed E-state index contributed by atoms with van der Waals surface area (Å²) < 4.78 is 0. The molecule has 0 aromatic rings. The number of carbonyl (C=O) groups is 1. The third-order valence-electron chi connectivity index (χ3n) is 1.55. The van der Waals surface area contributed by atoms with Crippen molar-refractivity contribution in [3.8, 4) is 0 Å². The van der Waals surface area contributed by atoms with Crippen molar-refractivity contribution in [1.29, 1.82) is 0 Å². The lowest BCUT2D eigenvalue weighted by Gasteiger charge is -2.25. The highest BCUT2D eigenvalue weighted by Crippen LogP contribution is 2.02. The Bertz CT molecular complexity index is 139. The van der Waals surface area contributed by atoms with Gasteiger partial charge in [-0.05, 0) is 20.1 Å². The van der Waals surface area contributed by atoms with Crippen LogP contribution in [-0.2, 0) is 4.79 Å². The zero-order valence-corrected chi connectivity index (χ0v) is 8.73. The second kappa shape index (κ2) is 6.31. The summed E-state index contributed by atoms with van der Waals surface area (Å²) in [6.07, 6.45) is 1.90. The molecule has 0 unspecified atom stereocenters. The Morgan fingerprint density at radius 1 is 1.58 bits per heavy atom. The third kappa shape index (κ3) is 3.97. The zero-order valence-electron chi connectivity index (χ0n) is 7.91. The average Bonchev–Trinajstić information content (AvgIpc) is 1.99. The fourth-order valence-corrected chi connectivity index (χ4v) is 1.40. The summed E-state index contributed by atoms with van der Waals surface area (Å²) >= 11 is 1.51. The molecule has 0 aromatic carbocycles. The number of amides is 1. The van der Waals surface area contributed by atoms with Crippen LogP contribution < -0.4 is 0 Å². The van der Waals surface area contributed by atoms with Gasteiger partial charge in [-0.25, -0.2) is 0 Å². The lowest BCUT2D eigenvalue weighted by molar-refractivity contribution is -0.130. The summed E-state index contributed by atoms with van der Waals surface area (Å²) in [6.45, 7) is 4.39. The molecule has 0 radical (unpaired) electrons. The largest absolute Gasteiger partial charge is 0.395 e. The molecule has 4 heteroatoms. The van der Waals surface area contributed by atoms with Crippen molar-refractivity contribution in [2.45, 2.75) is 19.9 Å². The summed E-state index contributed by atoms with van der Waals surface area (Å²) in [5, 5.41) is 8.70. The number of aliphatic hydroxyl groups is 1. The molecule has 0 fully saturated rings. The van der Waals surface area contributed by atoms with Gasteiger partial charge >= 0.3 is 0 Å². The number of hydrogen-bond donors (Lipinski definition) is 1. The molecule has 0 aliphatic rings. The van der Waals surface area contributed by atoms with Crippen LogP contribution >= 0.6 is 11.8 Å². The van der Waals surface area contributed by atoms with Crippen LogP contribution in [0.5, 0.6) is 0 Å². The highest BCUT2D eigenvalue weighted by molar-refractivity contribution is 7.99. The van der Waals surface area contributed by atoms with Crippen molar-refractivity contribution in [1.82, 2.24) is 4.90 Å². The minimum absolute atomic E-state index is 0.0400. The molecule has 0 saturated heterocycles. The number of aliphatic hydroxyl groups excluding tert-OH is 1. The van der Waals surface area contributed by atoms with Gasteiger partial charge in [-0.2, -0.15) is 11.8 Å². The molecule has 1 N–H and O–H groups in total.